The molecule has 0 saturated carbocycles. The van der Waals surface area contributed by atoms with Crippen molar-refractivity contribution in [2.45, 2.75) is 38.8 Å². The number of amides is 2. The molecule has 0 bridgehead atoms. The number of nitrogens with zero attached hydrogens (tertiary/aromatic N) is 1. The standard InChI is InChI=1S/C24H27ClN2O5/c1-15(26-20(28)16-5-4-6-17(13-16)22(30)31)21(29)27-12-11-24(32,23(2,3)14-27)18-7-9-19(25)10-8-18/h4-10,13,15,32H,11-12,14H2,1-3H3,(H,26,28)(H,30,31)/t15-,24+/m1/s1. The van der Waals surface area contributed by atoms with Crippen LogP contribution in [0.15, 0.2) is 48.5 Å². The van der Waals surface area contributed by atoms with Crippen LogP contribution in [0.3, 0.4) is 0 Å². The molecule has 0 aliphatic carbocycles. The zero-order valence-electron chi connectivity index (χ0n) is 18.3. The molecule has 7 nitrogen and oxygen atoms in total. The number of carbonyl (C=O) groups is 3. The van der Waals surface area contributed by atoms with Crippen molar-refractivity contribution in [1.82, 2.24) is 10.2 Å². The zero-order chi connectivity index (χ0) is 23.7. The first-order chi connectivity index (χ1) is 14.9. The maximum Gasteiger partial charge on any atom is 0.335 e. The van der Waals surface area contributed by atoms with Gasteiger partial charge in [-0.25, -0.2) is 4.79 Å². The van der Waals surface area contributed by atoms with E-state index in [0.717, 1.165) is 5.56 Å². The molecule has 3 N–H and O–H groups in total. The Morgan fingerprint density at radius 1 is 1.09 bits per heavy atom. The van der Waals surface area contributed by atoms with E-state index in [1.807, 2.05) is 13.8 Å². The van der Waals surface area contributed by atoms with E-state index in [-0.39, 0.29) is 17.0 Å². The summed E-state index contributed by atoms with van der Waals surface area (Å²) in [7, 11) is 0. The second-order valence-corrected chi connectivity index (χ2v) is 9.28. The number of halogens is 1. The molecule has 1 saturated heterocycles. The molecule has 1 fully saturated rings. The molecule has 2 aromatic carbocycles. The van der Waals surface area contributed by atoms with E-state index < -0.39 is 28.9 Å². The van der Waals surface area contributed by atoms with Gasteiger partial charge in [0.15, 0.2) is 0 Å². The van der Waals surface area contributed by atoms with Crippen molar-refractivity contribution in [2.24, 2.45) is 5.41 Å². The molecule has 3 rings (SSSR count). The molecule has 0 aromatic heterocycles. The second-order valence-electron chi connectivity index (χ2n) is 8.84. The highest BCUT2D eigenvalue weighted by molar-refractivity contribution is 6.30. The Balaban J connectivity index is 1.69. The highest BCUT2D eigenvalue weighted by Gasteiger charge is 2.50. The molecule has 0 unspecified atom stereocenters. The molecule has 170 valence electrons. The first kappa shape index (κ1) is 23.8. The van der Waals surface area contributed by atoms with Crippen LogP contribution in [-0.4, -0.2) is 52.0 Å². The van der Waals surface area contributed by atoms with Gasteiger partial charge in [0.25, 0.3) is 5.91 Å². The number of aliphatic hydroxyl groups is 1. The molecule has 1 heterocycles. The lowest BCUT2D eigenvalue weighted by Gasteiger charge is -2.51. The van der Waals surface area contributed by atoms with E-state index in [1.165, 1.54) is 24.3 Å². The predicted molar refractivity (Wildman–Crippen MR) is 121 cm³/mol. The predicted octanol–water partition coefficient (Wildman–Crippen LogP) is 3.30. The molecule has 1 aliphatic rings. The summed E-state index contributed by atoms with van der Waals surface area (Å²) in [5.41, 5.74) is -0.859. The Morgan fingerprint density at radius 3 is 2.31 bits per heavy atom. The summed E-state index contributed by atoms with van der Waals surface area (Å²) in [4.78, 5) is 38.3. The lowest BCUT2D eigenvalue weighted by Crippen LogP contribution is -2.59. The van der Waals surface area contributed by atoms with Gasteiger partial charge in [-0.2, -0.15) is 0 Å². The van der Waals surface area contributed by atoms with Crippen LogP contribution in [0.25, 0.3) is 0 Å². The monoisotopic (exact) mass is 458 g/mol. The van der Waals surface area contributed by atoms with Crippen LogP contribution in [0.5, 0.6) is 0 Å². The van der Waals surface area contributed by atoms with Gasteiger partial charge in [-0.05, 0) is 49.2 Å². The van der Waals surface area contributed by atoms with Crippen molar-refractivity contribution in [3.63, 3.8) is 0 Å². The van der Waals surface area contributed by atoms with Crippen LogP contribution < -0.4 is 5.32 Å². The number of likely N-dealkylation sites (tertiary alicyclic amines) is 1. The third-order valence-corrected chi connectivity index (χ3v) is 6.42. The zero-order valence-corrected chi connectivity index (χ0v) is 19.0. The molecule has 8 heteroatoms. The minimum absolute atomic E-state index is 0.00380. The summed E-state index contributed by atoms with van der Waals surface area (Å²) in [5.74, 6) is -1.92. The van der Waals surface area contributed by atoms with Gasteiger partial charge >= 0.3 is 5.97 Å². The van der Waals surface area contributed by atoms with Crippen LogP contribution in [0.1, 0.15) is 53.5 Å². The van der Waals surface area contributed by atoms with Crippen molar-refractivity contribution < 1.29 is 24.6 Å². The number of benzene rings is 2. The lowest BCUT2D eigenvalue weighted by atomic mass is 9.66. The van der Waals surface area contributed by atoms with Crippen molar-refractivity contribution in [2.75, 3.05) is 13.1 Å². The summed E-state index contributed by atoms with van der Waals surface area (Å²) in [6, 6.07) is 11.9. The Hall–Kier alpha value is -2.90. The average Bonchev–Trinajstić information content (AvgIpc) is 2.75. The average molecular weight is 459 g/mol. The number of piperidine rings is 1. The fourth-order valence-electron chi connectivity index (χ4n) is 4.18. The molecular weight excluding hydrogens is 432 g/mol. The van der Waals surface area contributed by atoms with Crippen LogP contribution in [0.4, 0.5) is 0 Å². The van der Waals surface area contributed by atoms with Gasteiger partial charge in [-0.1, -0.05) is 43.6 Å². The number of nitrogens with one attached hydrogen (secondary N) is 1. The van der Waals surface area contributed by atoms with Gasteiger partial charge in [0, 0.05) is 29.1 Å². The van der Waals surface area contributed by atoms with E-state index in [2.05, 4.69) is 5.32 Å². The van der Waals surface area contributed by atoms with E-state index in [4.69, 9.17) is 16.7 Å². The summed E-state index contributed by atoms with van der Waals surface area (Å²) >= 11 is 5.98. The SMILES string of the molecule is C[C@@H](NC(=O)c1cccc(C(=O)O)c1)C(=O)N1CC[C@](O)(c2ccc(Cl)cc2)C(C)(C)C1. The Kier molecular flexibility index (Phi) is 6.62. The molecular formula is C24H27ClN2O5. The van der Waals surface area contributed by atoms with Crippen molar-refractivity contribution >= 4 is 29.4 Å². The Labute approximate surface area is 192 Å². The maximum absolute atomic E-state index is 13.0. The van der Waals surface area contributed by atoms with Crippen molar-refractivity contribution in [3.8, 4) is 0 Å². The largest absolute Gasteiger partial charge is 0.478 e. The first-order valence-corrected chi connectivity index (χ1v) is 10.7. The summed E-state index contributed by atoms with van der Waals surface area (Å²) in [6.45, 7) is 6.04. The first-order valence-electron chi connectivity index (χ1n) is 10.4. The summed E-state index contributed by atoms with van der Waals surface area (Å²) in [5, 5.41) is 23.8. The lowest BCUT2D eigenvalue weighted by molar-refractivity contribution is -0.154. The third-order valence-electron chi connectivity index (χ3n) is 6.17. The van der Waals surface area contributed by atoms with Crippen molar-refractivity contribution in [3.05, 3.63) is 70.2 Å². The van der Waals surface area contributed by atoms with E-state index in [1.54, 1.807) is 36.1 Å². The smallest absolute Gasteiger partial charge is 0.335 e. The van der Waals surface area contributed by atoms with E-state index in [9.17, 15) is 19.5 Å². The number of carboxylic acid groups (broad SMARTS) is 1. The fourth-order valence-corrected chi connectivity index (χ4v) is 4.31. The highest BCUT2D eigenvalue weighted by Crippen LogP contribution is 2.46. The van der Waals surface area contributed by atoms with Gasteiger partial charge in [-0.15, -0.1) is 0 Å². The fraction of sp³-hybridized carbons (Fsp3) is 0.375. The molecule has 2 atom stereocenters. The summed E-state index contributed by atoms with van der Waals surface area (Å²) in [6.07, 6.45) is 0.342. The highest BCUT2D eigenvalue weighted by atomic mass is 35.5. The minimum Gasteiger partial charge on any atom is -0.478 e. The number of rotatable bonds is 5. The topological polar surface area (TPSA) is 107 Å². The van der Waals surface area contributed by atoms with Gasteiger partial charge in [0.2, 0.25) is 5.91 Å². The molecule has 0 spiro atoms. The number of carboxylic acids is 1. The normalized spacial score (nSPS) is 21.0. The Bertz CT molecular complexity index is 1040. The van der Waals surface area contributed by atoms with Gasteiger partial charge < -0.3 is 20.4 Å². The van der Waals surface area contributed by atoms with E-state index >= 15 is 0 Å². The number of carbonyl (C=O) groups excluding carboxylic acids is 2. The van der Waals surface area contributed by atoms with Crippen molar-refractivity contribution in [1.29, 1.82) is 0 Å². The van der Waals surface area contributed by atoms with E-state index in [0.29, 0.717) is 24.5 Å². The third kappa shape index (κ3) is 4.64. The van der Waals surface area contributed by atoms with Crippen LogP contribution in [-0.2, 0) is 10.4 Å². The number of aromatic carboxylic acids is 1. The van der Waals surface area contributed by atoms with Crippen LogP contribution >= 0.6 is 11.6 Å². The van der Waals surface area contributed by atoms with Crippen LogP contribution in [0, 0.1) is 5.41 Å². The van der Waals surface area contributed by atoms with Gasteiger partial charge in [-0.3, -0.25) is 9.59 Å². The van der Waals surface area contributed by atoms with Gasteiger partial charge in [0.05, 0.1) is 11.2 Å². The van der Waals surface area contributed by atoms with Gasteiger partial charge in [0.1, 0.15) is 6.04 Å². The molecule has 32 heavy (non-hydrogen) atoms. The molecule has 0 radical (unpaired) electrons. The quantitative estimate of drug-likeness (QED) is 0.637. The number of hydrogen-bond donors (Lipinski definition) is 3. The molecule has 1 aliphatic heterocycles. The summed E-state index contributed by atoms with van der Waals surface area (Å²) < 4.78 is 0. The minimum atomic E-state index is -1.13. The van der Waals surface area contributed by atoms with Crippen LogP contribution in [0.2, 0.25) is 5.02 Å². The maximum atomic E-state index is 13.0. The number of hydrogen-bond acceptors (Lipinski definition) is 4. The Morgan fingerprint density at radius 2 is 1.72 bits per heavy atom. The molecule has 2 aromatic rings. The molecule has 2 amide bonds. The second kappa shape index (κ2) is 8.92.